The van der Waals surface area contributed by atoms with E-state index in [9.17, 15) is 0 Å². The Labute approximate surface area is 94.0 Å². The Morgan fingerprint density at radius 2 is 1.94 bits per heavy atom. The zero-order valence-electron chi connectivity index (χ0n) is 9.04. The van der Waals surface area contributed by atoms with E-state index in [4.69, 9.17) is 5.73 Å². The number of pyridine rings is 1. The summed E-state index contributed by atoms with van der Waals surface area (Å²) in [5.41, 5.74) is 6.66. The number of rotatable bonds is 3. The SMILES string of the molecule is CN(Cc1ccncc1)c1cnc(N)cn1. The molecule has 0 aromatic carbocycles. The maximum atomic E-state index is 5.48. The molecule has 5 heteroatoms. The lowest BCUT2D eigenvalue weighted by molar-refractivity contribution is 0.888. The van der Waals surface area contributed by atoms with Gasteiger partial charge in [-0.1, -0.05) is 0 Å². The van der Waals surface area contributed by atoms with Crippen LogP contribution in [-0.4, -0.2) is 22.0 Å². The molecule has 2 aromatic heterocycles. The average Bonchev–Trinajstić information content (AvgIpc) is 2.31. The lowest BCUT2D eigenvalue weighted by Gasteiger charge is -2.17. The summed E-state index contributed by atoms with van der Waals surface area (Å²) < 4.78 is 0. The van der Waals surface area contributed by atoms with E-state index in [1.165, 1.54) is 5.56 Å². The highest BCUT2D eigenvalue weighted by molar-refractivity contribution is 5.39. The summed E-state index contributed by atoms with van der Waals surface area (Å²) in [7, 11) is 1.96. The summed E-state index contributed by atoms with van der Waals surface area (Å²) >= 11 is 0. The maximum Gasteiger partial charge on any atom is 0.147 e. The van der Waals surface area contributed by atoms with Gasteiger partial charge in [-0.05, 0) is 17.7 Å². The molecule has 0 amide bonds. The van der Waals surface area contributed by atoms with E-state index in [1.807, 2.05) is 24.1 Å². The van der Waals surface area contributed by atoms with Gasteiger partial charge < -0.3 is 10.6 Å². The van der Waals surface area contributed by atoms with Crippen LogP contribution in [0.15, 0.2) is 36.9 Å². The first-order valence-electron chi connectivity index (χ1n) is 4.93. The average molecular weight is 215 g/mol. The number of nitrogens with zero attached hydrogens (tertiary/aromatic N) is 4. The number of anilines is 2. The highest BCUT2D eigenvalue weighted by Crippen LogP contribution is 2.11. The fourth-order valence-electron chi connectivity index (χ4n) is 1.37. The van der Waals surface area contributed by atoms with Crippen molar-refractivity contribution in [2.24, 2.45) is 0 Å². The van der Waals surface area contributed by atoms with Crippen LogP contribution in [0.25, 0.3) is 0 Å². The second kappa shape index (κ2) is 4.57. The molecule has 0 atom stereocenters. The minimum Gasteiger partial charge on any atom is -0.382 e. The molecule has 0 unspecified atom stereocenters. The number of nitrogen functional groups attached to an aromatic ring is 1. The van der Waals surface area contributed by atoms with Gasteiger partial charge in [0.15, 0.2) is 0 Å². The topological polar surface area (TPSA) is 67.9 Å². The molecule has 0 radical (unpaired) electrons. The molecule has 0 bridgehead atoms. The minimum absolute atomic E-state index is 0.432. The highest BCUT2D eigenvalue weighted by Gasteiger charge is 2.03. The lowest BCUT2D eigenvalue weighted by atomic mass is 10.2. The number of nitrogens with two attached hydrogens (primary N) is 1. The van der Waals surface area contributed by atoms with Crippen LogP contribution < -0.4 is 10.6 Å². The first-order valence-corrected chi connectivity index (χ1v) is 4.93. The number of aromatic nitrogens is 3. The minimum atomic E-state index is 0.432. The molecule has 2 rings (SSSR count). The fraction of sp³-hybridized carbons (Fsp3) is 0.182. The second-order valence-corrected chi connectivity index (χ2v) is 3.51. The zero-order chi connectivity index (χ0) is 11.4. The van der Waals surface area contributed by atoms with Crippen molar-refractivity contribution in [1.82, 2.24) is 15.0 Å². The van der Waals surface area contributed by atoms with Crippen molar-refractivity contribution in [3.63, 3.8) is 0 Å². The van der Waals surface area contributed by atoms with Crippen molar-refractivity contribution in [1.29, 1.82) is 0 Å². The van der Waals surface area contributed by atoms with Crippen LogP contribution in [0.4, 0.5) is 11.6 Å². The third-order valence-corrected chi connectivity index (χ3v) is 2.22. The van der Waals surface area contributed by atoms with Gasteiger partial charge in [0.25, 0.3) is 0 Å². The molecule has 2 aromatic rings. The molecule has 82 valence electrons. The summed E-state index contributed by atoms with van der Waals surface area (Å²) in [4.78, 5) is 14.2. The van der Waals surface area contributed by atoms with Crippen LogP contribution in [0.3, 0.4) is 0 Å². The molecule has 0 saturated heterocycles. The van der Waals surface area contributed by atoms with E-state index in [1.54, 1.807) is 24.8 Å². The summed E-state index contributed by atoms with van der Waals surface area (Å²) in [5, 5.41) is 0. The molecule has 0 aliphatic heterocycles. The Kier molecular flexibility index (Phi) is 2.95. The van der Waals surface area contributed by atoms with Crippen LogP contribution >= 0.6 is 0 Å². The van der Waals surface area contributed by atoms with Gasteiger partial charge in [-0.2, -0.15) is 0 Å². The van der Waals surface area contributed by atoms with Crippen molar-refractivity contribution in [2.45, 2.75) is 6.54 Å². The fourth-order valence-corrected chi connectivity index (χ4v) is 1.37. The molecular weight excluding hydrogens is 202 g/mol. The quantitative estimate of drug-likeness (QED) is 0.830. The number of hydrogen-bond acceptors (Lipinski definition) is 5. The van der Waals surface area contributed by atoms with Crippen LogP contribution in [0.5, 0.6) is 0 Å². The summed E-state index contributed by atoms with van der Waals surface area (Å²) in [6, 6.07) is 3.95. The second-order valence-electron chi connectivity index (χ2n) is 3.51. The van der Waals surface area contributed by atoms with Crippen LogP contribution in [0, 0.1) is 0 Å². The smallest absolute Gasteiger partial charge is 0.147 e. The summed E-state index contributed by atoms with van der Waals surface area (Å²) in [6.45, 7) is 0.765. The van der Waals surface area contributed by atoms with Gasteiger partial charge in [-0.25, -0.2) is 9.97 Å². The monoisotopic (exact) mass is 215 g/mol. The standard InChI is InChI=1S/C11H13N5/c1-16(8-9-2-4-13-5-3-9)11-7-14-10(12)6-15-11/h2-7H,8H2,1H3,(H2,12,14). The molecule has 5 nitrogen and oxygen atoms in total. The Morgan fingerprint density at radius 3 is 2.56 bits per heavy atom. The molecule has 0 saturated carbocycles. The van der Waals surface area contributed by atoms with Crippen molar-refractivity contribution >= 4 is 11.6 Å². The summed E-state index contributed by atoms with van der Waals surface area (Å²) in [5.74, 6) is 1.23. The Bertz CT molecular complexity index is 440. The predicted molar refractivity (Wildman–Crippen MR) is 62.8 cm³/mol. The van der Waals surface area contributed by atoms with Crippen molar-refractivity contribution in [2.75, 3.05) is 17.7 Å². The van der Waals surface area contributed by atoms with Gasteiger partial charge in [0.1, 0.15) is 11.6 Å². The molecular formula is C11H13N5. The molecule has 16 heavy (non-hydrogen) atoms. The van der Waals surface area contributed by atoms with Gasteiger partial charge in [-0.15, -0.1) is 0 Å². The first-order chi connectivity index (χ1) is 7.75. The van der Waals surface area contributed by atoms with E-state index in [2.05, 4.69) is 15.0 Å². The molecule has 0 spiro atoms. The molecule has 0 aliphatic carbocycles. The zero-order valence-corrected chi connectivity index (χ0v) is 9.04. The lowest BCUT2D eigenvalue weighted by Crippen LogP contribution is -2.18. The van der Waals surface area contributed by atoms with Gasteiger partial charge in [0.05, 0.1) is 12.4 Å². The van der Waals surface area contributed by atoms with Gasteiger partial charge in [0.2, 0.25) is 0 Å². The largest absolute Gasteiger partial charge is 0.382 e. The highest BCUT2D eigenvalue weighted by atomic mass is 15.2. The maximum absolute atomic E-state index is 5.48. The molecule has 0 aliphatic rings. The summed E-state index contributed by atoms with van der Waals surface area (Å²) in [6.07, 6.45) is 6.77. The number of hydrogen-bond donors (Lipinski definition) is 1. The van der Waals surface area contributed by atoms with E-state index in [-0.39, 0.29) is 0 Å². The predicted octanol–water partition coefficient (Wildman–Crippen LogP) is 1.09. The van der Waals surface area contributed by atoms with Crippen LogP contribution in [0.1, 0.15) is 5.56 Å². The molecule has 2 heterocycles. The van der Waals surface area contributed by atoms with Crippen molar-refractivity contribution in [3.05, 3.63) is 42.5 Å². The Balaban J connectivity index is 2.09. The van der Waals surface area contributed by atoms with Gasteiger partial charge in [0, 0.05) is 26.0 Å². The van der Waals surface area contributed by atoms with Gasteiger partial charge in [-0.3, -0.25) is 4.98 Å². The van der Waals surface area contributed by atoms with E-state index in [0.717, 1.165) is 12.4 Å². The van der Waals surface area contributed by atoms with E-state index in [0.29, 0.717) is 5.82 Å². The third-order valence-electron chi connectivity index (χ3n) is 2.22. The van der Waals surface area contributed by atoms with E-state index < -0.39 is 0 Å². The van der Waals surface area contributed by atoms with Gasteiger partial charge >= 0.3 is 0 Å². The van der Waals surface area contributed by atoms with E-state index >= 15 is 0 Å². The Hall–Kier alpha value is -2.17. The molecule has 2 N–H and O–H groups in total. The normalized spacial score (nSPS) is 10.1. The van der Waals surface area contributed by atoms with Crippen molar-refractivity contribution in [3.8, 4) is 0 Å². The van der Waals surface area contributed by atoms with Crippen LogP contribution in [-0.2, 0) is 6.54 Å². The first kappa shape index (κ1) is 10.4. The van der Waals surface area contributed by atoms with Crippen molar-refractivity contribution < 1.29 is 0 Å². The third kappa shape index (κ3) is 2.44. The molecule has 0 fully saturated rings. The van der Waals surface area contributed by atoms with Crippen LogP contribution in [0.2, 0.25) is 0 Å². The Morgan fingerprint density at radius 1 is 1.19 bits per heavy atom.